The Morgan fingerprint density at radius 1 is 1.59 bits per heavy atom. The lowest BCUT2D eigenvalue weighted by atomic mass is 9.82. The molecule has 0 aromatic carbocycles. The quantitative estimate of drug-likeness (QED) is 0.894. The highest BCUT2D eigenvalue weighted by atomic mass is 32.2. The number of carboxylic acids is 1. The largest absolute Gasteiger partial charge is 0.481 e. The van der Waals surface area contributed by atoms with Gasteiger partial charge in [0.15, 0.2) is 0 Å². The summed E-state index contributed by atoms with van der Waals surface area (Å²) in [5.41, 5.74) is 0. The third kappa shape index (κ3) is 3.28. The van der Waals surface area contributed by atoms with Gasteiger partial charge in [0.25, 0.3) is 0 Å². The van der Waals surface area contributed by atoms with Crippen LogP contribution >= 0.6 is 11.8 Å². The van der Waals surface area contributed by atoms with E-state index in [1.54, 1.807) is 18.0 Å². The number of rotatable bonds is 4. The Kier molecular flexibility index (Phi) is 4.15. The van der Waals surface area contributed by atoms with Gasteiger partial charge >= 0.3 is 5.97 Å². The van der Waals surface area contributed by atoms with E-state index in [-0.39, 0.29) is 11.2 Å². The SMILES string of the molecule is CC1CCC(C(=O)O)C(SCc2ccco2)C1. The van der Waals surface area contributed by atoms with Crippen LogP contribution in [0.4, 0.5) is 0 Å². The molecule has 0 spiro atoms. The third-order valence-electron chi connectivity index (χ3n) is 3.39. The van der Waals surface area contributed by atoms with E-state index in [0.717, 1.165) is 30.8 Å². The Morgan fingerprint density at radius 2 is 2.41 bits per heavy atom. The van der Waals surface area contributed by atoms with Crippen molar-refractivity contribution in [3.8, 4) is 0 Å². The van der Waals surface area contributed by atoms with Gasteiger partial charge in [0.2, 0.25) is 0 Å². The maximum Gasteiger partial charge on any atom is 0.307 e. The van der Waals surface area contributed by atoms with Crippen LogP contribution < -0.4 is 0 Å². The van der Waals surface area contributed by atoms with E-state index in [9.17, 15) is 9.90 Å². The van der Waals surface area contributed by atoms with Crippen molar-refractivity contribution >= 4 is 17.7 Å². The molecule has 94 valence electrons. The van der Waals surface area contributed by atoms with Crippen LogP contribution in [0.2, 0.25) is 0 Å². The zero-order valence-corrected chi connectivity index (χ0v) is 10.8. The highest BCUT2D eigenvalue weighted by Crippen LogP contribution is 2.37. The molecule has 1 aliphatic rings. The molecule has 3 atom stereocenters. The second-order valence-corrected chi connectivity index (χ2v) is 6.02. The average molecular weight is 254 g/mol. The number of furan rings is 1. The first-order valence-corrected chi connectivity index (χ1v) is 7.08. The molecule has 1 aromatic heterocycles. The topological polar surface area (TPSA) is 50.4 Å². The van der Waals surface area contributed by atoms with E-state index >= 15 is 0 Å². The van der Waals surface area contributed by atoms with E-state index < -0.39 is 5.97 Å². The van der Waals surface area contributed by atoms with Gasteiger partial charge in [-0.05, 0) is 37.3 Å². The van der Waals surface area contributed by atoms with Crippen LogP contribution in [0.1, 0.15) is 31.9 Å². The molecule has 1 aliphatic carbocycles. The second-order valence-electron chi connectivity index (χ2n) is 4.79. The fourth-order valence-corrected chi connectivity index (χ4v) is 3.87. The summed E-state index contributed by atoms with van der Waals surface area (Å²) in [4.78, 5) is 11.2. The van der Waals surface area contributed by atoms with Crippen LogP contribution in [-0.4, -0.2) is 16.3 Å². The molecule has 0 amide bonds. The van der Waals surface area contributed by atoms with Crippen molar-refractivity contribution in [1.29, 1.82) is 0 Å². The predicted molar refractivity (Wildman–Crippen MR) is 67.9 cm³/mol. The van der Waals surface area contributed by atoms with Crippen molar-refractivity contribution in [2.24, 2.45) is 11.8 Å². The van der Waals surface area contributed by atoms with Gasteiger partial charge in [-0.3, -0.25) is 4.79 Å². The van der Waals surface area contributed by atoms with Crippen LogP contribution in [0.5, 0.6) is 0 Å². The van der Waals surface area contributed by atoms with Crippen LogP contribution in [0.3, 0.4) is 0 Å². The molecule has 3 nitrogen and oxygen atoms in total. The molecular formula is C13H18O3S. The number of carbonyl (C=O) groups is 1. The molecule has 1 aromatic rings. The summed E-state index contributed by atoms with van der Waals surface area (Å²) in [6.45, 7) is 2.21. The summed E-state index contributed by atoms with van der Waals surface area (Å²) in [6.07, 6.45) is 4.51. The molecule has 17 heavy (non-hydrogen) atoms. The maximum atomic E-state index is 11.2. The second kappa shape index (κ2) is 5.63. The first-order chi connectivity index (χ1) is 8.16. The molecule has 0 bridgehead atoms. The van der Waals surface area contributed by atoms with Gasteiger partial charge in [-0.25, -0.2) is 0 Å². The van der Waals surface area contributed by atoms with Gasteiger partial charge in [0.1, 0.15) is 5.76 Å². The van der Waals surface area contributed by atoms with Gasteiger partial charge in [0.05, 0.1) is 17.9 Å². The number of hydrogen-bond acceptors (Lipinski definition) is 3. The number of hydrogen-bond donors (Lipinski definition) is 1. The lowest BCUT2D eigenvalue weighted by Gasteiger charge is -2.31. The lowest BCUT2D eigenvalue weighted by molar-refractivity contribution is -0.142. The lowest BCUT2D eigenvalue weighted by Crippen LogP contribution is -2.32. The average Bonchev–Trinajstić information content (AvgIpc) is 2.78. The van der Waals surface area contributed by atoms with Crippen LogP contribution in [0, 0.1) is 11.8 Å². The maximum absolute atomic E-state index is 11.2. The molecule has 2 rings (SSSR count). The highest BCUT2D eigenvalue weighted by Gasteiger charge is 2.33. The first kappa shape index (κ1) is 12.6. The molecule has 1 heterocycles. The van der Waals surface area contributed by atoms with Crippen molar-refractivity contribution in [2.45, 2.75) is 37.2 Å². The Labute approximate surface area is 106 Å². The summed E-state index contributed by atoms with van der Waals surface area (Å²) < 4.78 is 5.28. The zero-order chi connectivity index (χ0) is 12.3. The smallest absolute Gasteiger partial charge is 0.307 e. The molecule has 0 aliphatic heterocycles. The van der Waals surface area contributed by atoms with Crippen molar-refractivity contribution in [3.05, 3.63) is 24.2 Å². The standard InChI is InChI=1S/C13H18O3S/c1-9-4-5-11(13(14)15)12(7-9)17-8-10-3-2-6-16-10/h2-3,6,9,11-12H,4-5,7-8H2,1H3,(H,14,15). The predicted octanol–water partition coefficient (Wildman–Crippen LogP) is 3.40. The number of aliphatic carboxylic acids is 1. The summed E-state index contributed by atoms with van der Waals surface area (Å²) in [5, 5.41) is 9.44. The molecule has 1 N–H and O–H groups in total. The summed E-state index contributed by atoms with van der Waals surface area (Å²) >= 11 is 1.72. The van der Waals surface area contributed by atoms with E-state index in [4.69, 9.17) is 4.42 Å². The minimum absolute atomic E-state index is 0.189. The zero-order valence-electron chi connectivity index (χ0n) is 9.96. The van der Waals surface area contributed by atoms with Crippen LogP contribution in [0.25, 0.3) is 0 Å². The highest BCUT2D eigenvalue weighted by molar-refractivity contribution is 7.99. The Morgan fingerprint density at radius 3 is 3.06 bits per heavy atom. The molecule has 4 heteroatoms. The van der Waals surface area contributed by atoms with Gasteiger partial charge in [0, 0.05) is 5.25 Å². The molecule has 3 unspecified atom stereocenters. The minimum atomic E-state index is -0.645. The number of thioether (sulfide) groups is 1. The molecule has 1 fully saturated rings. The van der Waals surface area contributed by atoms with Crippen LogP contribution in [-0.2, 0) is 10.5 Å². The van der Waals surface area contributed by atoms with Crippen LogP contribution in [0.15, 0.2) is 22.8 Å². The molecular weight excluding hydrogens is 236 g/mol. The Balaban J connectivity index is 1.93. The molecule has 0 saturated heterocycles. The molecule has 0 radical (unpaired) electrons. The van der Waals surface area contributed by atoms with Crippen molar-refractivity contribution in [3.63, 3.8) is 0 Å². The normalized spacial score (nSPS) is 29.1. The van der Waals surface area contributed by atoms with Gasteiger partial charge in [-0.15, -0.1) is 11.8 Å². The minimum Gasteiger partial charge on any atom is -0.481 e. The van der Waals surface area contributed by atoms with Gasteiger partial charge in [-0.1, -0.05) is 6.92 Å². The summed E-state index contributed by atoms with van der Waals surface area (Å²) in [5.74, 6) is 1.51. The van der Waals surface area contributed by atoms with E-state index in [1.807, 2.05) is 12.1 Å². The fraction of sp³-hybridized carbons (Fsp3) is 0.615. The third-order valence-corrected chi connectivity index (χ3v) is 4.79. The van der Waals surface area contributed by atoms with Crippen molar-refractivity contribution in [1.82, 2.24) is 0 Å². The van der Waals surface area contributed by atoms with E-state index in [1.165, 1.54) is 0 Å². The van der Waals surface area contributed by atoms with Gasteiger partial charge in [-0.2, -0.15) is 0 Å². The summed E-state index contributed by atoms with van der Waals surface area (Å²) in [6, 6.07) is 3.81. The first-order valence-electron chi connectivity index (χ1n) is 6.03. The van der Waals surface area contributed by atoms with Crippen molar-refractivity contribution < 1.29 is 14.3 Å². The summed E-state index contributed by atoms with van der Waals surface area (Å²) in [7, 11) is 0. The Hall–Kier alpha value is -0.900. The monoisotopic (exact) mass is 254 g/mol. The van der Waals surface area contributed by atoms with E-state index in [2.05, 4.69) is 6.92 Å². The number of carboxylic acid groups (broad SMARTS) is 1. The van der Waals surface area contributed by atoms with E-state index in [0.29, 0.717) is 5.92 Å². The van der Waals surface area contributed by atoms with Gasteiger partial charge < -0.3 is 9.52 Å². The fourth-order valence-electron chi connectivity index (χ4n) is 2.38. The Bertz CT molecular complexity index is 361. The molecule has 1 saturated carbocycles. The van der Waals surface area contributed by atoms with Crippen molar-refractivity contribution in [2.75, 3.05) is 0 Å².